The first-order chi connectivity index (χ1) is 13.5. The second kappa shape index (κ2) is 7.44. The van der Waals surface area contributed by atoms with Crippen LogP contribution in [-0.4, -0.2) is 36.6 Å². The summed E-state index contributed by atoms with van der Waals surface area (Å²) in [5.41, 5.74) is 3.14. The Morgan fingerprint density at radius 3 is 2.82 bits per heavy atom. The molecule has 2 aliphatic heterocycles. The van der Waals surface area contributed by atoms with Gasteiger partial charge in [0.15, 0.2) is 6.79 Å². The first-order valence-corrected chi connectivity index (χ1v) is 8.93. The van der Waals surface area contributed by atoms with Crippen molar-refractivity contribution in [2.24, 2.45) is 0 Å². The number of nitrogens with zero attached hydrogens (tertiary/aromatic N) is 1. The molecular weight excluding hydrogens is 363 g/mol. The Balaban J connectivity index is 1.36. The highest BCUT2D eigenvalue weighted by Gasteiger charge is 2.31. The lowest BCUT2D eigenvalue weighted by Gasteiger charge is -2.21. The summed E-state index contributed by atoms with van der Waals surface area (Å²) in [6.07, 6.45) is 0.404. The van der Waals surface area contributed by atoms with E-state index in [1.165, 1.54) is 17.0 Å². The molecule has 0 aromatic heterocycles. The molecule has 7 heteroatoms. The molecule has 28 heavy (non-hydrogen) atoms. The van der Waals surface area contributed by atoms with E-state index in [0.717, 1.165) is 5.56 Å². The Bertz CT molecular complexity index is 938. The van der Waals surface area contributed by atoms with Crippen LogP contribution in [0.5, 0.6) is 5.75 Å². The number of fused-ring (bicyclic) bond motifs is 2. The van der Waals surface area contributed by atoms with E-state index in [4.69, 9.17) is 9.47 Å². The fourth-order valence-electron chi connectivity index (χ4n) is 3.48. The van der Waals surface area contributed by atoms with Crippen molar-refractivity contribution in [2.75, 3.05) is 19.9 Å². The van der Waals surface area contributed by atoms with Gasteiger partial charge in [-0.25, -0.2) is 4.39 Å². The van der Waals surface area contributed by atoms with Crippen molar-refractivity contribution in [3.63, 3.8) is 0 Å². The van der Waals surface area contributed by atoms with Gasteiger partial charge < -0.3 is 14.8 Å². The average molecular weight is 382 g/mol. The minimum atomic E-state index is -0.370. The number of nitrogens with one attached hydrogen (secondary N) is 1. The molecule has 0 aliphatic carbocycles. The predicted octanol–water partition coefficient (Wildman–Crippen LogP) is 2.48. The SMILES string of the molecule is C=C1c2ccccc2C(=O)N1CC(=O)NCCc1cc(F)cc2c1OCOC2. The van der Waals surface area contributed by atoms with Crippen molar-refractivity contribution in [3.05, 3.63) is 71.0 Å². The van der Waals surface area contributed by atoms with Gasteiger partial charge in [0.05, 0.1) is 6.61 Å². The zero-order valence-corrected chi connectivity index (χ0v) is 15.2. The number of carbonyl (C=O) groups excluding carboxylic acids is 2. The molecular formula is C21H19FN2O4. The van der Waals surface area contributed by atoms with Gasteiger partial charge in [-0.15, -0.1) is 0 Å². The average Bonchev–Trinajstić information content (AvgIpc) is 2.93. The van der Waals surface area contributed by atoms with Gasteiger partial charge in [-0.2, -0.15) is 0 Å². The van der Waals surface area contributed by atoms with Gasteiger partial charge in [0.2, 0.25) is 5.91 Å². The molecule has 0 atom stereocenters. The van der Waals surface area contributed by atoms with Crippen LogP contribution in [0.4, 0.5) is 4.39 Å². The molecule has 0 unspecified atom stereocenters. The van der Waals surface area contributed by atoms with E-state index < -0.39 is 0 Å². The monoisotopic (exact) mass is 382 g/mol. The molecule has 2 heterocycles. The van der Waals surface area contributed by atoms with Crippen molar-refractivity contribution >= 4 is 17.5 Å². The third-order valence-electron chi connectivity index (χ3n) is 4.81. The topological polar surface area (TPSA) is 67.9 Å². The van der Waals surface area contributed by atoms with Gasteiger partial charge in [0, 0.05) is 28.9 Å². The fraction of sp³-hybridized carbons (Fsp3) is 0.238. The zero-order valence-electron chi connectivity index (χ0n) is 15.2. The maximum atomic E-state index is 13.8. The minimum Gasteiger partial charge on any atom is -0.467 e. The van der Waals surface area contributed by atoms with Gasteiger partial charge in [0.25, 0.3) is 5.91 Å². The lowest BCUT2D eigenvalue weighted by Crippen LogP contribution is -2.37. The molecule has 4 rings (SSSR count). The summed E-state index contributed by atoms with van der Waals surface area (Å²) in [6, 6.07) is 9.92. The highest BCUT2D eigenvalue weighted by molar-refractivity contribution is 6.10. The van der Waals surface area contributed by atoms with E-state index in [0.29, 0.717) is 47.7 Å². The molecule has 144 valence electrons. The number of carbonyl (C=O) groups is 2. The van der Waals surface area contributed by atoms with Gasteiger partial charge >= 0.3 is 0 Å². The van der Waals surface area contributed by atoms with E-state index in [1.807, 2.05) is 12.1 Å². The quantitative estimate of drug-likeness (QED) is 0.863. The summed E-state index contributed by atoms with van der Waals surface area (Å²) in [6.45, 7) is 4.52. The maximum Gasteiger partial charge on any atom is 0.259 e. The Morgan fingerprint density at radius 1 is 1.25 bits per heavy atom. The summed E-state index contributed by atoms with van der Waals surface area (Å²) in [7, 11) is 0. The molecule has 2 aromatic rings. The van der Waals surface area contributed by atoms with E-state index >= 15 is 0 Å². The largest absolute Gasteiger partial charge is 0.467 e. The molecule has 2 aliphatic rings. The van der Waals surface area contributed by atoms with E-state index in [1.54, 1.807) is 12.1 Å². The first-order valence-electron chi connectivity index (χ1n) is 8.93. The Labute approximate surface area is 161 Å². The van der Waals surface area contributed by atoms with Crippen LogP contribution < -0.4 is 10.1 Å². The fourth-order valence-corrected chi connectivity index (χ4v) is 3.48. The normalized spacial score (nSPS) is 15.1. The molecule has 0 radical (unpaired) electrons. The van der Waals surface area contributed by atoms with Gasteiger partial charge in [-0.05, 0) is 30.2 Å². The van der Waals surface area contributed by atoms with E-state index in [2.05, 4.69) is 11.9 Å². The van der Waals surface area contributed by atoms with Crippen molar-refractivity contribution in [2.45, 2.75) is 13.0 Å². The van der Waals surface area contributed by atoms with Crippen LogP contribution in [0.1, 0.15) is 27.0 Å². The number of hydrogen-bond acceptors (Lipinski definition) is 4. The Morgan fingerprint density at radius 2 is 2.04 bits per heavy atom. The van der Waals surface area contributed by atoms with Crippen LogP contribution in [0.15, 0.2) is 43.0 Å². The lowest BCUT2D eigenvalue weighted by molar-refractivity contribution is -0.121. The number of amides is 2. The second-order valence-electron chi connectivity index (χ2n) is 6.65. The van der Waals surface area contributed by atoms with Crippen LogP contribution in [-0.2, 0) is 22.6 Å². The maximum absolute atomic E-state index is 13.8. The molecule has 1 N–H and O–H groups in total. The van der Waals surface area contributed by atoms with Crippen LogP contribution in [0.3, 0.4) is 0 Å². The summed E-state index contributed by atoms with van der Waals surface area (Å²) < 4.78 is 24.4. The summed E-state index contributed by atoms with van der Waals surface area (Å²) in [5, 5.41) is 2.77. The third kappa shape index (κ3) is 3.36. The smallest absolute Gasteiger partial charge is 0.259 e. The Hall–Kier alpha value is -3.19. The van der Waals surface area contributed by atoms with Crippen molar-refractivity contribution in [1.82, 2.24) is 10.2 Å². The molecule has 0 saturated heterocycles. The van der Waals surface area contributed by atoms with Crippen LogP contribution >= 0.6 is 0 Å². The second-order valence-corrected chi connectivity index (χ2v) is 6.65. The number of ether oxygens (including phenoxy) is 2. The summed E-state index contributed by atoms with van der Waals surface area (Å²) in [5.74, 6) is -0.300. The molecule has 0 bridgehead atoms. The molecule has 0 saturated carbocycles. The molecule has 2 aromatic carbocycles. The van der Waals surface area contributed by atoms with E-state index in [9.17, 15) is 14.0 Å². The van der Waals surface area contributed by atoms with Crippen LogP contribution in [0.25, 0.3) is 5.70 Å². The van der Waals surface area contributed by atoms with Crippen molar-refractivity contribution in [3.8, 4) is 5.75 Å². The van der Waals surface area contributed by atoms with Crippen LogP contribution in [0, 0.1) is 5.82 Å². The Kier molecular flexibility index (Phi) is 4.83. The standard InChI is InChI=1S/C21H19FN2O4/c1-13-17-4-2-3-5-18(17)21(26)24(13)10-19(25)23-7-6-14-8-16(22)9-15-11-27-12-28-20(14)15/h2-5,8-9H,1,6-7,10-12H2,(H,23,25). The third-order valence-corrected chi connectivity index (χ3v) is 4.81. The minimum absolute atomic E-state index is 0.113. The van der Waals surface area contributed by atoms with Gasteiger partial charge in [-0.1, -0.05) is 24.8 Å². The molecule has 6 nitrogen and oxygen atoms in total. The first kappa shape index (κ1) is 18.2. The number of rotatable bonds is 5. The molecule has 0 spiro atoms. The number of benzene rings is 2. The van der Waals surface area contributed by atoms with Crippen LogP contribution in [0.2, 0.25) is 0 Å². The highest BCUT2D eigenvalue weighted by atomic mass is 19.1. The van der Waals surface area contributed by atoms with Gasteiger partial charge in [0.1, 0.15) is 18.1 Å². The number of hydrogen-bond donors (Lipinski definition) is 1. The lowest BCUT2D eigenvalue weighted by atomic mass is 10.1. The van der Waals surface area contributed by atoms with Gasteiger partial charge in [-0.3, -0.25) is 14.5 Å². The summed E-state index contributed by atoms with van der Waals surface area (Å²) in [4.78, 5) is 26.1. The molecule has 0 fully saturated rings. The highest BCUT2D eigenvalue weighted by Crippen LogP contribution is 2.31. The summed E-state index contributed by atoms with van der Waals surface area (Å²) >= 11 is 0. The van der Waals surface area contributed by atoms with Crippen molar-refractivity contribution < 1.29 is 23.5 Å². The number of halogens is 1. The van der Waals surface area contributed by atoms with Crippen molar-refractivity contribution in [1.29, 1.82) is 0 Å². The van der Waals surface area contributed by atoms with E-state index in [-0.39, 0.29) is 31.0 Å². The molecule has 2 amide bonds. The predicted molar refractivity (Wildman–Crippen MR) is 99.9 cm³/mol. The zero-order chi connectivity index (χ0) is 19.7.